The van der Waals surface area contributed by atoms with Gasteiger partial charge in [0.2, 0.25) is 5.96 Å². The van der Waals surface area contributed by atoms with Crippen LogP contribution in [0.15, 0.2) is 89.9 Å². The van der Waals surface area contributed by atoms with Crippen LogP contribution in [0.4, 0.5) is 11.4 Å². The van der Waals surface area contributed by atoms with Crippen molar-refractivity contribution >= 4 is 68.0 Å². The Morgan fingerprint density at radius 3 is 2.07 bits per heavy atom. The number of benzene rings is 4. The number of rotatable bonds is 2. The molecule has 0 unspecified atom stereocenters. The van der Waals surface area contributed by atoms with E-state index in [2.05, 4.69) is 59.7 Å². The number of hydrogen-bond donors (Lipinski definition) is 3. The lowest BCUT2D eigenvalue weighted by molar-refractivity contribution is 1.35. The fourth-order valence-corrected chi connectivity index (χ4v) is 3.28. The summed E-state index contributed by atoms with van der Waals surface area (Å²) in [7, 11) is 0. The number of guanidine groups is 1. The molecule has 4 aromatic rings. The van der Waals surface area contributed by atoms with E-state index in [-0.39, 0.29) is 0 Å². The topological polar surface area (TPSA) is 36.4 Å². The minimum absolute atomic E-state index is 0.349. The molecule has 0 aliphatic carbocycles. The maximum absolute atomic E-state index is 5.13. The van der Waals surface area contributed by atoms with Crippen LogP contribution in [0.1, 0.15) is 0 Å². The minimum atomic E-state index is 0.349. The lowest BCUT2D eigenvalue weighted by atomic mass is 10.1. The van der Waals surface area contributed by atoms with E-state index in [1.165, 1.54) is 0 Å². The molecule has 4 rings (SSSR count). The molecule has 3 nitrogen and oxygen atoms in total. The van der Waals surface area contributed by atoms with E-state index in [4.69, 9.17) is 17.2 Å². The molecular weight excluding hydrogens is 370 g/mol. The molecule has 27 heavy (non-hydrogen) atoms. The summed E-state index contributed by atoms with van der Waals surface area (Å²) < 4.78 is 0.349. The van der Waals surface area contributed by atoms with Crippen LogP contribution in [0, 0.1) is 0 Å². The lowest BCUT2D eigenvalue weighted by Gasteiger charge is -2.14. The minimum Gasteiger partial charge on any atom is -0.325 e. The van der Waals surface area contributed by atoms with Gasteiger partial charge in [-0.15, -0.1) is 12.6 Å². The normalized spacial score (nSPS) is 11.5. The summed E-state index contributed by atoms with van der Waals surface area (Å²) in [6.45, 7) is 0. The Morgan fingerprint density at radius 2 is 1.33 bits per heavy atom. The predicted octanol–water partition coefficient (Wildman–Crippen LogP) is 5.90. The van der Waals surface area contributed by atoms with Crippen LogP contribution >= 0.6 is 24.8 Å². The third kappa shape index (κ3) is 3.94. The number of hydrogen-bond acceptors (Lipinski definition) is 2. The molecule has 0 amide bonds. The number of nitrogens with zero attached hydrogens (tertiary/aromatic N) is 1. The molecule has 0 aliphatic rings. The van der Waals surface area contributed by atoms with E-state index in [0.29, 0.717) is 10.3 Å². The van der Waals surface area contributed by atoms with Crippen LogP contribution < -0.4 is 10.6 Å². The summed E-state index contributed by atoms with van der Waals surface area (Å²) in [5.41, 5.74) is 1.80. The van der Waals surface area contributed by atoms with Gasteiger partial charge in [0.05, 0.1) is 5.69 Å². The molecular formula is C22H17N3S2. The first-order valence-electron chi connectivity index (χ1n) is 8.52. The Labute approximate surface area is 168 Å². The molecule has 0 bridgehead atoms. The van der Waals surface area contributed by atoms with Crippen LogP contribution in [-0.2, 0) is 0 Å². The summed E-state index contributed by atoms with van der Waals surface area (Å²) >= 11 is 9.34. The number of nitrogens with one attached hydrogen (secondary N) is 2. The molecule has 0 saturated heterocycles. The molecule has 0 aliphatic heterocycles. The molecule has 4 aromatic carbocycles. The molecule has 0 fully saturated rings. The van der Waals surface area contributed by atoms with E-state index >= 15 is 0 Å². The molecule has 0 atom stereocenters. The second kappa shape index (κ2) is 7.78. The average Bonchev–Trinajstić information content (AvgIpc) is 2.68. The van der Waals surface area contributed by atoms with Gasteiger partial charge in [0.15, 0.2) is 0 Å². The van der Waals surface area contributed by atoms with Crippen LogP contribution in [0.3, 0.4) is 0 Å². The highest BCUT2D eigenvalue weighted by Gasteiger charge is 2.07. The first-order chi connectivity index (χ1) is 13.2. The van der Waals surface area contributed by atoms with Gasteiger partial charge in [0.25, 0.3) is 0 Å². The standard InChI is InChI=1S/C22H17N3S2/c26-22(27)25-21(23-19-13-5-9-15-7-1-3-11-17(15)19)24-20-14-6-10-16-8-2-4-12-18(16)20/h1-14H,(H3,23,24,25,26,27). The largest absolute Gasteiger partial charge is 0.325 e. The Kier molecular flexibility index (Phi) is 5.05. The van der Waals surface area contributed by atoms with Crippen molar-refractivity contribution in [1.82, 2.24) is 5.32 Å². The maximum Gasteiger partial charge on any atom is 0.206 e. The third-order valence-electron chi connectivity index (χ3n) is 4.27. The van der Waals surface area contributed by atoms with Gasteiger partial charge in [-0.3, -0.25) is 0 Å². The van der Waals surface area contributed by atoms with Crippen molar-refractivity contribution < 1.29 is 0 Å². The van der Waals surface area contributed by atoms with Gasteiger partial charge < -0.3 is 10.6 Å². The van der Waals surface area contributed by atoms with Crippen molar-refractivity contribution in [3.8, 4) is 0 Å². The van der Waals surface area contributed by atoms with Gasteiger partial charge in [-0.25, -0.2) is 4.99 Å². The van der Waals surface area contributed by atoms with E-state index in [9.17, 15) is 0 Å². The zero-order valence-corrected chi connectivity index (χ0v) is 16.1. The molecule has 5 heteroatoms. The first kappa shape index (κ1) is 17.5. The highest BCUT2D eigenvalue weighted by Crippen LogP contribution is 2.27. The summed E-state index contributed by atoms with van der Waals surface area (Å²) in [5.74, 6) is 0.530. The monoisotopic (exact) mass is 387 g/mol. The Hall–Kier alpha value is -2.89. The molecule has 0 radical (unpaired) electrons. The number of thiocarbonyl (C=S) groups is 1. The third-order valence-corrected chi connectivity index (χ3v) is 4.48. The number of thiol groups is 1. The van der Waals surface area contributed by atoms with E-state index < -0.39 is 0 Å². The summed E-state index contributed by atoms with van der Waals surface area (Å²) in [4.78, 5) is 4.79. The van der Waals surface area contributed by atoms with Crippen molar-refractivity contribution in [3.05, 3.63) is 84.9 Å². The average molecular weight is 388 g/mol. The Bertz CT molecular complexity index is 1160. The van der Waals surface area contributed by atoms with Gasteiger partial charge in [-0.1, -0.05) is 85.0 Å². The molecule has 2 N–H and O–H groups in total. The molecule has 0 aromatic heterocycles. The van der Waals surface area contributed by atoms with Gasteiger partial charge in [0, 0.05) is 16.5 Å². The van der Waals surface area contributed by atoms with Crippen molar-refractivity contribution in [2.75, 3.05) is 5.32 Å². The summed E-state index contributed by atoms with van der Waals surface area (Å²) in [6.07, 6.45) is 0. The number of anilines is 1. The number of aliphatic imine (C=N–C) groups is 1. The zero-order valence-electron chi connectivity index (χ0n) is 14.4. The van der Waals surface area contributed by atoms with Crippen LogP contribution in [0.25, 0.3) is 21.5 Å². The van der Waals surface area contributed by atoms with Gasteiger partial charge in [-0.05, 0) is 22.9 Å². The van der Waals surface area contributed by atoms with E-state index in [1.54, 1.807) is 0 Å². The van der Waals surface area contributed by atoms with Crippen LogP contribution in [0.2, 0.25) is 0 Å². The highest BCUT2D eigenvalue weighted by atomic mass is 32.1. The number of fused-ring (bicyclic) bond motifs is 2. The summed E-state index contributed by atoms with van der Waals surface area (Å²) in [6, 6.07) is 28.5. The van der Waals surface area contributed by atoms with Crippen molar-refractivity contribution in [2.24, 2.45) is 4.99 Å². The maximum atomic E-state index is 5.13. The zero-order chi connectivity index (χ0) is 18.6. The fourth-order valence-electron chi connectivity index (χ4n) is 3.08. The quantitative estimate of drug-likeness (QED) is 0.174. The van der Waals surface area contributed by atoms with Gasteiger partial charge in [0.1, 0.15) is 4.32 Å². The first-order valence-corrected chi connectivity index (χ1v) is 9.37. The Balaban J connectivity index is 1.79. The molecule has 132 valence electrons. The smallest absolute Gasteiger partial charge is 0.206 e. The SMILES string of the molecule is S=C(S)N/C(=N\c1cccc2ccccc12)Nc1cccc2ccccc12. The lowest BCUT2D eigenvalue weighted by Crippen LogP contribution is -2.32. The highest BCUT2D eigenvalue weighted by molar-refractivity contribution is 8.11. The van der Waals surface area contributed by atoms with Crippen molar-refractivity contribution in [1.29, 1.82) is 0 Å². The van der Waals surface area contributed by atoms with Crippen LogP contribution in [-0.4, -0.2) is 10.3 Å². The molecule has 0 spiro atoms. The predicted molar refractivity (Wildman–Crippen MR) is 123 cm³/mol. The van der Waals surface area contributed by atoms with Gasteiger partial charge in [-0.2, -0.15) is 0 Å². The Morgan fingerprint density at radius 1 is 0.741 bits per heavy atom. The second-order valence-corrected chi connectivity index (χ2v) is 7.20. The molecule has 0 saturated carbocycles. The van der Waals surface area contributed by atoms with E-state index in [0.717, 1.165) is 32.9 Å². The van der Waals surface area contributed by atoms with Crippen LogP contribution in [0.5, 0.6) is 0 Å². The van der Waals surface area contributed by atoms with E-state index in [1.807, 2.05) is 48.5 Å². The second-order valence-electron chi connectivity index (χ2n) is 6.04. The van der Waals surface area contributed by atoms with Crippen molar-refractivity contribution in [2.45, 2.75) is 0 Å². The van der Waals surface area contributed by atoms with Crippen molar-refractivity contribution in [3.63, 3.8) is 0 Å². The fraction of sp³-hybridized carbons (Fsp3) is 0. The molecule has 0 heterocycles. The van der Waals surface area contributed by atoms with Gasteiger partial charge >= 0.3 is 0 Å². The summed E-state index contributed by atoms with van der Waals surface area (Å²) in [5, 5.41) is 10.9.